The average Bonchev–Trinajstić information content (AvgIpc) is 2.60. The van der Waals surface area contributed by atoms with Crippen molar-refractivity contribution in [2.45, 2.75) is 58.8 Å². The summed E-state index contributed by atoms with van der Waals surface area (Å²) in [7, 11) is 1.71. The molecule has 2 N–H and O–H groups in total. The molecule has 0 aromatic carbocycles. The SMILES string of the molecule is CC(C(N)=O)C1CCCCC1.COCCN1CCC[C@@H](C(C)=O)C1. The number of hydrogen-bond acceptors (Lipinski definition) is 4. The first-order chi connectivity index (χ1) is 11.5. The van der Waals surface area contributed by atoms with E-state index in [0.717, 1.165) is 39.1 Å². The molecule has 0 spiro atoms. The highest BCUT2D eigenvalue weighted by molar-refractivity contribution is 5.78. The van der Waals surface area contributed by atoms with E-state index >= 15 is 0 Å². The Bertz CT molecular complexity index is 381. The van der Waals surface area contributed by atoms with Crippen LogP contribution in [0.5, 0.6) is 0 Å². The van der Waals surface area contributed by atoms with Gasteiger partial charge in [-0.1, -0.05) is 26.2 Å². The van der Waals surface area contributed by atoms with Crippen LogP contribution < -0.4 is 5.73 Å². The molecule has 1 aliphatic heterocycles. The molecule has 1 saturated carbocycles. The molecule has 1 amide bonds. The van der Waals surface area contributed by atoms with Crippen molar-refractivity contribution in [3.05, 3.63) is 0 Å². The van der Waals surface area contributed by atoms with Crippen LogP contribution in [0.3, 0.4) is 0 Å². The van der Waals surface area contributed by atoms with Crippen LogP contribution in [-0.4, -0.2) is 49.9 Å². The number of ketones is 1. The molecule has 5 nitrogen and oxygen atoms in total. The Morgan fingerprint density at radius 1 is 1.17 bits per heavy atom. The normalized spacial score (nSPS) is 23.9. The second-order valence-electron chi connectivity index (χ2n) is 7.33. The van der Waals surface area contributed by atoms with Gasteiger partial charge in [-0.05, 0) is 45.1 Å². The monoisotopic (exact) mass is 340 g/mol. The molecule has 140 valence electrons. The maximum absolute atomic E-state index is 11.2. The fourth-order valence-electron chi connectivity index (χ4n) is 3.68. The largest absolute Gasteiger partial charge is 0.383 e. The summed E-state index contributed by atoms with van der Waals surface area (Å²) in [6, 6.07) is 0. The summed E-state index contributed by atoms with van der Waals surface area (Å²) < 4.78 is 5.01. The van der Waals surface area contributed by atoms with Gasteiger partial charge in [0.25, 0.3) is 0 Å². The molecule has 24 heavy (non-hydrogen) atoms. The molecule has 1 unspecified atom stereocenters. The summed E-state index contributed by atoms with van der Waals surface area (Å²) >= 11 is 0. The first-order valence-electron chi connectivity index (χ1n) is 9.46. The molecule has 0 aromatic heterocycles. The van der Waals surface area contributed by atoms with Crippen LogP contribution in [0.1, 0.15) is 58.8 Å². The van der Waals surface area contributed by atoms with Crippen molar-refractivity contribution >= 4 is 11.7 Å². The van der Waals surface area contributed by atoms with Gasteiger partial charge in [-0.15, -0.1) is 0 Å². The lowest BCUT2D eigenvalue weighted by Gasteiger charge is -2.31. The minimum Gasteiger partial charge on any atom is -0.383 e. The van der Waals surface area contributed by atoms with Crippen LogP contribution in [0.25, 0.3) is 0 Å². The molecular formula is C19H36N2O3. The summed E-state index contributed by atoms with van der Waals surface area (Å²) in [6.45, 7) is 7.43. The molecule has 0 radical (unpaired) electrons. The lowest BCUT2D eigenvalue weighted by atomic mass is 9.81. The highest BCUT2D eigenvalue weighted by atomic mass is 16.5. The number of nitrogens with zero attached hydrogens (tertiary/aromatic N) is 1. The molecule has 1 saturated heterocycles. The van der Waals surface area contributed by atoms with E-state index < -0.39 is 0 Å². The first-order valence-corrected chi connectivity index (χ1v) is 9.46. The van der Waals surface area contributed by atoms with Crippen molar-refractivity contribution in [1.29, 1.82) is 0 Å². The predicted octanol–water partition coefficient (Wildman–Crippen LogP) is 2.62. The molecule has 2 aliphatic rings. The summed E-state index contributed by atoms with van der Waals surface area (Å²) in [5.74, 6) is 1.14. The Labute approximate surface area is 147 Å². The number of carbonyl (C=O) groups excluding carboxylic acids is 2. The van der Waals surface area contributed by atoms with Crippen LogP contribution in [0.2, 0.25) is 0 Å². The zero-order chi connectivity index (χ0) is 17.9. The third-order valence-electron chi connectivity index (χ3n) is 5.50. The van der Waals surface area contributed by atoms with Crippen LogP contribution in [0.15, 0.2) is 0 Å². The number of piperidine rings is 1. The van der Waals surface area contributed by atoms with E-state index in [0.29, 0.717) is 11.7 Å². The van der Waals surface area contributed by atoms with Gasteiger partial charge in [-0.3, -0.25) is 9.59 Å². The number of carbonyl (C=O) groups is 2. The standard InChI is InChI=1S/C10H19NO2.C9H17NO/c1-9(12)10-4-3-5-11(8-10)6-7-13-2;1-7(9(10)11)8-5-3-2-4-6-8/h10H,3-8H2,1-2H3;7-8H,2-6H2,1H3,(H2,10,11)/t10-;/m1./s1. The summed E-state index contributed by atoms with van der Waals surface area (Å²) in [5, 5.41) is 0. The van der Waals surface area contributed by atoms with Crippen molar-refractivity contribution in [2.75, 3.05) is 33.4 Å². The van der Waals surface area contributed by atoms with E-state index in [1.807, 2.05) is 6.92 Å². The highest BCUT2D eigenvalue weighted by Crippen LogP contribution is 2.29. The number of Topliss-reactive ketones (excluding diaryl/α,β-unsaturated/α-hetero) is 1. The van der Waals surface area contributed by atoms with Gasteiger partial charge in [0.15, 0.2) is 0 Å². The second kappa shape index (κ2) is 11.6. The molecule has 0 aromatic rings. The van der Waals surface area contributed by atoms with Gasteiger partial charge in [-0.2, -0.15) is 0 Å². The minimum atomic E-state index is -0.128. The van der Waals surface area contributed by atoms with E-state index in [2.05, 4.69) is 4.90 Å². The van der Waals surface area contributed by atoms with Crippen molar-refractivity contribution in [3.63, 3.8) is 0 Å². The van der Waals surface area contributed by atoms with Crippen LogP contribution in [-0.2, 0) is 14.3 Å². The number of methoxy groups -OCH3 is 1. The molecule has 2 fully saturated rings. The van der Waals surface area contributed by atoms with Gasteiger partial charge in [0.1, 0.15) is 5.78 Å². The molecule has 0 bridgehead atoms. The van der Waals surface area contributed by atoms with Gasteiger partial charge in [0.05, 0.1) is 6.61 Å². The van der Waals surface area contributed by atoms with Crippen molar-refractivity contribution in [2.24, 2.45) is 23.5 Å². The number of amides is 1. The predicted molar refractivity (Wildman–Crippen MR) is 96.7 cm³/mol. The quantitative estimate of drug-likeness (QED) is 0.807. The smallest absolute Gasteiger partial charge is 0.220 e. The fourth-order valence-corrected chi connectivity index (χ4v) is 3.68. The van der Waals surface area contributed by atoms with Crippen molar-refractivity contribution in [1.82, 2.24) is 4.90 Å². The number of rotatable bonds is 6. The third-order valence-corrected chi connectivity index (χ3v) is 5.50. The van der Waals surface area contributed by atoms with Gasteiger partial charge >= 0.3 is 0 Å². The van der Waals surface area contributed by atoms with E-state index in [4.69, 9.17) is 10.5 Å². The van der Waals surface area contributed by atoms with Crippen molar-refractivity contribution < 1.29 is 14.3 Å². The molecule has 2 rings (SSSR count). The molecule has 5 heteroatoms. The second-order valence-corrected chi connectivity index (χ2v) is 7.33. The first kappa shape index (κ1) is 21.1. The lowest BCUT2D eigenvalue weighted by Crippen LogP contribution is -2.39. The average molecular weight is 341 g/mol. The van der Waals surface area contributed by atoms with Gasteiger partial charge in [0, 0.05) is 32.0 Å². The van der Waals surface area contributed by atoms with E-state index in [-0.39, 0.29) is 17.7 Å². The Kier molecular flexibility index (Phi) is 10.2. The topological polar surface area (TPSA) is 72.6 Å². The fraction of sp³-hybridized carbons (Fsp3) is 0.895. The maximum atomic E-state index is 11.2. The van der Waals surface area contributed by atoms with Crippen LogP contribution in [0.4, 0.5) is 0 Å². The van der Waals surface area contributed by atoms with Crippen LogP contribution >= 0.6 is 0 Å². The summed E-state index contributed by atoms with van der Waals surface area (Å²) in [5.41, 5.74) is 5.23. The molecule has 2 atom stereocenters. The summed E-state index contributed by atoms with van der Waals surface area (Å²) in [6.07, 6.45) is 8.51. The van der Waals surface area contributed by atoms with E-state index in [1.165, 1.54) is 32.1 Å². The van der Waals surface area contributed by atoms with Crippen LogP contribution in [0, 0.1) is 17.8 Å². The zero-order valence-electron chi connectivity index (χ0n) is 15.8. The minimum absolute atomic E-state index is 0.0929. The Hall–Kier alpha value is -0.940. The van der Waals surface area contributed by atoms with Gasteiger partial charge < -0.3 is 15.4 Å². The molecular weight excluding hydrogens is 304 g/mol. The van der Waals surface area contributed by atoms with Gasteiger partial charge in [-0.25, -0.2) is 0 Å². The number of hydrogen-bond donors (Lipinski definition) is 1. The Morgan fingerprint density at radius 3 is 2.38 bits per heavy atom. The van der Waals surface area contributed by atoms with Gasteiger partial charge in [0.2, 0.25) is 5.91 Å². The van der Waals surface area contributed by atoms with E-state index in [9.17, 15) is 9.59 Å². The number of likely N-dealkylation sites (tertiary alicyclic amines) is 1. The summed E-state index contributed by atoms with van der Waals surface area (Å²) in [4.78, 5) is 24.3. The lowest BCUT2D eigenvalue weighted by molar-refractivity contribution is -0.123. The number of ether oxygens (including phenoxy) is 1. The number of primary amides is 1. The molecule has 1 aliphatic carbocycles. The van der Waals surface area contributed by atoms with Crippen molar-refractivity contribution in [3.8, 4) is 0 Å². The Morgan fingerprint density at radius 2 is 1.83 bits per heavy atom. The zero-order valence-corrected chi connectivity index (χ0v) is 15.8. The number of nitrogens with two attached hydrogens (primary N) is 1. The maximum Gasteiger partial charge on any atom is 0.220 e. The highest BCUT2D eigenvalue weighted by Gasteiger charge is 2.23. The third kappa shape index (κ3) is 7.75. The van der Waals surface area contributed by atoms with E-state index in [1.54, 1.807) is 14.0 Å². The Balaban J connectivity index is 0.000000243. The molecule has 1 heterocycles.